The van der Waals surface area contributed by atoms with Gasteiger partial charge in [-0.2, -0.15) is 0 Å². The van der Waals surface area contributed by atoms with Crippen molar-refractivity contribution in [3.63, 3.8) is 0 Å². The fraction of sp³-hybridized carbons (Fsp3) is 0.167. The number of methoxy groups -OCH3 is 2. The van der Waals surface area contributed by atoms with Gasteiger partial charge in [-0.3, -0.25) is 9.59 Å². The fourth-order valence-electron chi connectivity index (χ4n) is 4.93. The average molecular weight is 657 g/mol. The van der Waals surface area contributed by atoms with Crippen molar-refractivity contribution >= 4 is 45.3 Å². The molecule has 4 aromatic carbocycles. The van der Waals surface area contributed by atoms with Crippen LogP contribution >= 0.6 is 0 Å². The number of rotatable bonds is 16. The van der Waals surface area contributed by atoms with E-state index in [0.29, 0.717) is 34.0 Å². The second-order valence-corrected chi connectivity index (χ2v) is 12.6. The third kappa shape index (κ3) is 9.24. The third-order valence-corrected chi connectivity index (χ3v) is 9.47. The number of carboxylic acid groups (broad SMARTS) is 2. The van der Waals surface area contributed by atoms with Crippen LogP contribution in [0.15, 0.2) is 109 Å². The van der Waals surface area contributed by atoms with E-state index in [2.05, 4.69) is 10.6 Å². The molecular weight excluding hydrogens is 620 g/mol. The number of benzene rings is 4. The van der Waals surface area contributed by atoms with Crippen LogP contribution in [0, 0.1) is 0 Å². The fourth-order valence-corrected chi connectivity index (χ4v) is 6.89. The van der Waals surface area contributed by atoms with Crippen molar-refractivity contribution in [2.24, 2.45) is 0 Å². The Morgan fingerprint density at radius 1 is 0.660 bits per heavy atom. The molecule has 0 saturated heterocycles. The zero-order chi connectivity index (χ0) is 33.8. The Kier molecular flexibility index (Phi) is 11.8. The molecule has 0 aliphatic rings. The lowest BCUT2D eigenvalue weighted by Gasteiger charge is -2.23. The molecule has 0 amide bonds. The lowest BCUT2D eigenvalue weighted by molar-refractivity contribution is -0.135. The van der Waals surface area contributed by atoms with Gasteiger partial charge in [0.2, 0.25) is 0 Å². The van der Waals surface area contributed by atoms with E-state index in [9.17, 15) is 28.2 Å². The first-order valence-electron chi connectivity index (χ1n) is 14.6. The molecule has 0 radical (unpaired) electrons. The van der Waals surface area contributed by atoms with Crippen LogP contribution < -0.4 is 20.1 Å². The number of aliphatic carboxylic acids is 2. The van der Waals surface area contributed by atoms with Gasteiger partial charge in [0.15, 0.2) is 9.84 Å². The maximum absolute atomic E-state index is 14.9. The maximum Gasteiger partial charge on any atom is 0.322 e. The van der Waals surface area contributed by atoms with Gasteiger partial charge in [0.05, 0.1) is 25.6 Å². The van der Waals surface area contributed by atoms with Crippen molar-refractivity contribution < 1.29 is 37.7 Å². The molecule has 0 fully saturated rings. The highest BCUT2D eigenvalue weighted by Crippen LogP contribution is 2.41. The lowest BCUT2D eigenvalue weighted by atomic mass is 10.1. The summed E-state index contributed by atoms with van der Waals surface area (Å²) in [5.74, 6) is -1.49. The van der Waals surface area contributed by atoms with Crippen LogP contribution in [-0.2, 0) is 19.4 Å². The molecular formula is C36H36N2O8S. The summed E-state index contributed by atoms with van der Waals surface area (Å²) in [7, 11) is -1.31. The molecule has 10 nitrogen and oxygen atoms in total. The van der Waals surface area contributed by atoms with Gasteiger partial charge in [-0.1, -0.05) is 97.1 Å². The van der Waals surface area contributed by atoms with E-state index in [-0.39, 0.29) is 0 Å². The first-order chi connectivity index (χ1) is 22.6. The van der Waals surface area contributed by atoms with E-state index in [0.717, 1.165) is 11.1 Å². The van der Waals surface area contributed by atoms with E-state index in [4.69, 9.17) is 9.47 Å². The molecule has 4 N–H and O–H groups in total. The second-order valence-electron chi connectivity index (χ2n) is 10.4. The minimum Gasteiger partial charge on any atom is -0.495 e. The molecule has 0 heterocycles. The summed E-state index contributed by atoms with van der Waals surface area (Å²) in [5.41, 5.74) is 2.96. The molecule has 0 aromatic heterocycles. The number of carbonyl (C=O) groups is 2. The highest BCUT2D eigenvalue weighted by Gasteiger charge is 2.34. The van der Waals surface area contributed by atoms with Crippen molar-refractivity contribution in [1.82, 2.24) is 0 Å². The molecule has 0 aliphatic carbocycles. The summed E-state index contributed by atoms with van der Waals surface area (Å²) < 4.78 is 40.7. The van der Waals surface area contributed by atoms with Crippen molar-refractivity contribution in [1.29, 1.82) is 0 Å². The quantitative estimate of drug-likeness (QED) is 0.108. The van der Waals surface area contributed by atoms with E-state index >= 15 is 0 Å². The zero-order valence-corrected chi connectivity index (χ0v) is 26.7. The summed E-state index contributed by atoms with van der Waals surface area (Å²) in [6.45, 7) is -0.811. The summed E-state index contributed by atoms with van der Waals surface area (Å²) in [6, 6.07) is 28.1. The number of nitrogens with one attached hydrogen (secondary N) is 2. The molecule has 4 rings (SSSR count). The van der Waals surface area contributed by atoms with Crippen molar-refractivity contribution in [3.05, 3.63) is 131 Å². The highest BCUT2D eigenvalue weighted by atomic mass is 32.2. The molecule has 0 saturated carbocycles. The first-order valence-corrected chi connectivity index (χ1v) is 16.2. The average Bonchev–Trinajstić information content (AvgIpc) is 3.07. The van der Waals surface area contributed by atoms with E-state index < -0.39 is 45.4 Å². The minimum atomic E-state index is -4.19. The van der Waals surface area contributed by atoms with Crippen LogP contribution in [0.2, 0.25) is 0 Å². The van der Waals surface area contributed by atoms with Crippen LogP contribution in [0.1, 0.15) is 32.8 Å². The minimum absolute atomic E-state index is 0.321. The Balaban J connectivity index is 1.91. The van der Waals surface area contributed by atoms with Crippen LogP contribution in [0.25, 0.3) is 12.2 Å². The number of ether oxygens (including phenoxy) is 2. The van der Waals surface area contributed by atoms with E-state index in [1.165, 1.54) is 14.2 Å². The van der Waals surface area contributed by atoms with Crippen LogP contribution in [0.3, 0.4) is 0 Å². The van der Waals surface area contributed by atoms with Crippen molar-refractivity contribution in [2.45, 2.75) is 10.5 Å². The normalized spacial score (nSPS) is 12.8. The molecule has 4 aromatic rings. The zero-order valence-electron chi connectivity index (χ0n) is 25.9. The van der Waals surface area contributed by atoms with Crippen LogP contribution in [0.5, 0.6) is 11.5 Å². The molecule has 2 unspecified atom stereocenters. The molecule has 11 heteroatoms. The van der Waals surface area contributed by atoms with Gasteiger partial charge < -0.3 is 30.3 Å². The number of hydrogen-bond acceptors (Lipinski definition) is 8. The van der Waals surface area contributed by atoms with Gasteiger partial charge in [0.25, 0.3) is 0 Å². The lowest BCUT2D eigenvalue weighted by Crippen LogP contribution is -2.20. The van der Waals surface area contributed by atoms with Gasteiger partial charge in [-0.15, -0.1) is 0 Å². The van der Waals surface area contributed by atoms with E-state index in [1.807, 2.05) is 60.7 Å². The van der Waals surface area contributed by atoms with Crippen molar-refractivity contribution in [3.8, 4) is 11.5 Å². The van der Waals surface area contributed by atoms with Gasteiger partial charge >= 0.3 is 11.9 Å². The Morgan fingerprint density at radius 2 is 1.04 bits per heavy atom. The van der Waals surface area contributed by atoms with Crippen molar-refractivity contribution in [2.75, 3.05) is 37.9 Å². The number of carboxylic acids is 2. The van der Waals surface area contributed by atoms with Gasteiger partial charge in [0.1, 0.15) is 35.1 Å². The second kappa shape index (κ2) is 16.1. The van der Waals surface area contributed by atoms with Crippen LogP contribution in [0.4, 0.5) is 11.4 Å². The SMILES string of the molecule is COc1ccc(C(C=Cc2ccccc2)S(=O)(=O)C(C=Cc2ccccc2)c2ccc(OC)c(NCC(=O)O)c2)cc1NCC(=O)O. The van der Waals surface area contributed by atoms with Gasteiger partial charge in [-0.25, -0.2) is 8.42 Å². The largest absolute Gasteiger partial charge is 0.495 e. The molecule has 0 bridgehead atoms. The summed E-state index contributed by atoms with van der Waals surface area (Å²) >= 11 is 0. The van der Waals surface area contributed by atoms with E-state index in [1.54, 1.807) is 60.7 Å². The summed E-state index contributed by atoms with van der Waals surface area (Å²) in [5, 5.41) is 21.7. The Labute approximate surface area is 273 Å². The molecule has 244 valence electrons. The maximum atomic E-state index is 14.9. The predicted octanol–water partition coefficient (Wildman–Crippen LogP) is 6.32. The first kappa shape index (κ1) is 34.3. The smallest absolute Gasteiger partial charge is 0.322 e. The highest BCUT2D eigenvalue weighted by molar-refractivity contribution is 7.92. The number of sulfone groups is 1. The number of hydrogen-bond donors (Lipinski definition) is 4. The topological polar surface area (TPSA) is 151 Å². The molecule has 0 aliphatic heterocycles. The standard InChI is InChI=1S/C36H36N2O8S/c1-45-31-17-15-27(21-29(31)37-23-35(39)40)33(19-13-25-9-5-3-6-10-25)47(43,44)34(20-14-26-11-7-4-8-12-26)28-16-18-32(46-2)30(22-28)38-24-36(41)42/h3-22,33-34,37-38H,23-24H2,1-2H3,(H,39,40)(H,41,42). The summed E-state index contributed by atoms with van der Waals surface area (Å²) in [4.78, 5) is 22.7. The van der Waals surface area contributed by atoms with Crippen LogP contribution in [-0.4, -0.2) is 57.9 Å². The third-order valence-electron chi connectivity index (χ3n) is 7.20. The Bertz CT molecular complexity index is 1710. The van der Waals surface area contributed by atoms with Gasteiger partial charge in [0, 0.05) is 0 Å². The molecule has 47 heavy (non-hydrogen) atoms. The summed E-state index contributed by atoms with van der Waals surface area (Å²) in [6.07, 6.45) is 6.65. The van der Waals surface area contributed by atoms with Gasteiger partial charge in [-0.05, 0) is 46.5 Å². The Hall–Kier alpha value is -5.55. The predicted molar refractivity (Wildman–Crippen MR) is 184 cm³/mol. The monoisotopic (exact) mass is 656 g/mol. The number of anilines is 2. The Morgan fingerprint density at radius 3 is 1.38 bits per heavy atom. The molecule has 0 spiro atoms. The molecule has 2 atom stereocenters.